The largest absolute Gasteiger partial charge is 0.485 e. The maximum atomic E-state index is 13.8. The van der Waals surface area contributed by atoms with Crippen LogP contribution in [0.25, 0.3) is 0 Å². The van der Waals surface area contributed by atoms with E-state index in [0.717, 1.165) is 37.8 Å². The molecule has 2 saturated heterocycles. The molecule has 3 heterocycles. The van der Waals surface area contributed by atoms with Crippen molar-refractivity contribution in [2.75, 3.05) is 37.6 Å². The van der Waals surface area contributed by atoms with E-state index in [1.54, 1.807) is 11.8 Å². The highest BCUT2D eigenvalue weighted by Crippen LogP contribution is 2.38. The third-order valence-electron chi connectivity index (χ3n) is 9.27. The lowest BCUT2D eigenvalue weighted by atomic mass is 9.77. The summed E-state index contributed by atoms with van der Waals surface area (Å²) in [5.41, 5.74) is -0.919. The number of aliphatic hydroxyl groups is 1. The van der Waals surface area contributed by atoms with E-state index in [-0.39, 0.29) is 23.8 Å². The Balaban J connectivity index is 1.26. The SMILES string of the molecule is CCCCN1C(=O)[C@@H](CC2(O)CCCCC2)NC(=O)C12CCN(CC1CN(C(C)=O)c3ccccc3O1)CC2. The molecule has 0 aromatic heterocycles. The summed E-state index contributed by atoms with van der Waals surface area (Å²) >= 11 is 0. The highest BCUT2D eigenvalue weighted by Gasteiger charge is 2.54. The molecule has 2 N–H and O–H groups in total. The van der Waals surface area contributed by atoms with Gasteiger partial charge >= 0.3 is 0 Å². The summed E-state index contributed by atoms with van der Waals surface area (Å²) < 4.78 is 6.26. The average molecular weight is 541 g/mol. The Morgan fingerprint density at radius 1 is 1.10 bits per heavy atom. The van der Waals surface area contributed by atoms with E-state index in [0.29, 0.717) is 70.6 Å². The number of likely N-dealkylation sites (tertiary alicyclic amines) is 1. The van der Waals surface area contributed by atoms with Gasteiger partial charge in [0, 0.05) is 39.5 Å². The quantitative estimate of drug-likeness (QED) is 0.552. The van der Waals surface area contributed by atoms with Crippen LogP contribution in [0.1, 0.15) is 78.1 Å². The first-order valence-corrected chi connectivity index (χ1v) is 14.9. The Bertz CT molecular complexity index is 1060. The van der Waals surface area contributed by atoms with Crippen LogP contribution in [0.15, 0.2) is 24.3 Å². The fourth-order valence-electron chi connectivity index (χ4n) is 7.03. The number of piperidine rings is 1. The van der Waals surface area contributed by atoms with Gasteiger partial charge in [-0.05, 0) is 44.2 Å². The third kappa shape index (κ3) is 5.66. The molecule has 9 nitrogen and oxygen atoms in total. The van der Waals surface area contributed by atoms with Crippen LogP contribution in [0.4, 0.5) is 5.69 Å². The maximum Gasteiger partial charge on any atom is 0.246 e. The molecule has 3 amide bonds. The summed E-state index contributed by atoms with van der Waals surface area (Å²) in [7, 11) is 0. The van der Waals surface area contributed by atoms with E-state index >= 15 is 0 Å². The van der Waals surface area contributed by atoms with Gasteiger partial charge in [0.25, 0.3) is 0 Å². The smallest absolute Gasteiger partial charge is 0.246 e. The van der Waals surface area contributed by atoms with Crippen molar-refractivity contribution < 1.29 is 24.2 Å². The van der Waals surface area contributed by atoms with E-state index in [1.807, 2.05) is 29.2 Å². The van der Waals surface area contributed by atoms with Gasteiger partial charge in [-0.1, -0.05) is 44.7 Å². The van der Waals surface area contributed by atoms with E-state index in [9.17, 15) is 19.5 Å². The minimum Gasteiger partial charge on any atom is -0.485 e. The molecule has 1 spiro atoms. The number of para-hydroxylation sites is 2. The van der Waals surface area contributed by atoms with Crippen molar-refractivity contribution in [2.45, 2.75) is 101 Å². The van der Waals surface area contributed by atoms with Crippen molar-refractivity contribution in [3.05, 3.63) is 24.3 Å². The lowest BCUT2D eigenvalue weighted by molar-refractivity contribution is -0.163. The van der Waals surface area contributed by atoms with Crippen LogP contribution in [0.2, 0.25) is 0 Å². The Labute approximate surface area is 231 Å². The number of benzene rings is 1. The lowest BCUT2D eigenvalue weighted by Gasteiger charge is -2.52. The molecular formula is C30H44N4O5. The summed E-state index contributed by atoms with van der Waals surface area (Å²) in [6, 6.07) is 6.96. The minimum atomic E-state index is -0.872. The van der Waals surface area contributed by atoms with E-state index in [4.69, 9.17) is 4.74 Å². The molecule has 1 aliphatic carbocycles. The van der Waals surface area contributed by atoms with Gasteiger partial charge in [0.05, 0.1) is 17.8 Å². The molecule has 1 unspecified atom stereocenters. The second kappa shape index (κ2) is 11.5. The first kappa shape index (κ1) is 27.9. The Kier molecular flexibility index (Phi) is 8.19. The summed E-state index contributed by atoms with van der Waals surface area (Å²) in [6.45, 7) is 6.70. The molecule has 0 bridgehead atoms. The summed E-state index contributed by atoms with van der Waals surface area (Å²) in [4.78, 5) is 45.8. The minimum absolute atomic E-state index is 0.00950. The van der Waals surface area contributed by atoms with Crippen LogP contribution in [0, 0.1) is 0 Å². The number of unbranched alkanes of at least 4 members (excludes halogenated alkanes) is 1. The molecule has 1 saturated carbocycles. The summed E-state index contributed by atoms with van der Waals surface area (Å²) in [6.07, 6.45) is 7.46. The van der Waals surface area contributed by atoms with Crippen LogP contribution in [-0.2, 0) is 14.4 Å². The van der Waals surface area contributed by atoms with Gasteiger partial charge in [-0.2, -0.15) is 0 Å². The number of anilines is 1. The lowest BCUT2D eigenvalue weighted by Crippen LogP contribution is -2.73. The first-order chi connectivity index (χ1) is 18.7. The molecule has 4 aliphatic rings. The third-order valence-corrected chi connectivity index (χ3v) is 9.27. The fourth-order valence-corrected chi connectivity index (χ4v) is 7.03. The monoisotopic (exact) mass is 540 g/mol. The van der Waals surface area contributed by atoms with Gasteiger partial charge in [0.15, 0.2) is 0 Å². The Hall–Kier alpha value is -2.65. The van der Waals surface area contributed by atoms with Crippen LogP contribution in [0.3, 0.4) is 0 Å². The van der Waals surface area contributed by atoms with E-state index in [1.165, 1.54) is 0 Å². The molecule has 2 atom stereocenters. The Morgan fingerprint density at radius 2 is 1.82 bits per heavy atom. The van der Waals surface area contributed by atoms with Gasteiger partial charge in [-0.15, -0.1) is 0 Å². The van der Waals surface area contributed by atoms with E-state index in [2.05, 4.69) is 17.1 Å². The highest BCUT2D eigenvalue weighted by atomic mass is 16.5. The molecule has 5 rings (SSSR count). The molecule has 0 radical (unpaired) electrons. The number of carbonyl (C=O) groups excluding carboxylic acids is 3. The molecule has 1 aromatic rings. The second-order valence-electron chi connectivity index (χ2n) is 12.0. The molecule has 39 heavy (non-hydrogen) atoms. The number of amides is 3. The number of fused-ring (bicyclic) bond motifs is 1. The van der Waals surface area contributed by atoms with Crippen molar-refractivity contribution in [1.82, 2.24) is 15.1 Å². The van der Waals surface area contributed by atoms with E-state index < -0.39 is 17.2 Å². The van der Waals surface area contributed by atoms with Crippen molar-refractivity contribution in [3.8, 4) is 5.75 Å². The normalized spacial score (nSPS) is 26.6. The predicted molar refractivity (Wildman–Crippen MR) is 148 cm³/mol. The first-order valence-electron chi connectivity index (χ1n) is 14.9. The van der Waals surface area contributed by atoms with Crippen LogP contribution in [0.5, 0.6) is 5.75 Å². The molecule has 9 heteroatoms. The highest BCUT2D eigenvalue weighted by molar-refractivity contribution is 6.00. The van der Waals surface area contributed by atoms with Crippen LogP contribution in [-0.4, -0.2) is 88.6 Å². The predicted octanol–water partition coefficient (Wildman–Crippen LogP) is 2.85. The molecule has 3 fully saturated rings. The van der Waals surface area contributed by atoms with Crippen molar-refractivity contribution in [3.63, 3.8) is 0 Å². The van der Waals surface area contributed by atoms with Gasteiger partial charge in [-0.3, -0.25) is 19.3 Å². The van der Waals surface area contributed by atoms with Gasteiger partial charge in [0.1, 0.15) is 23.4 Å². The van der Waals surface area contributed by atoms with Crippen LogP contribution >= 0.6 is 0 Å². The molecule has 3 aliphatic heterocycles. The standard InChI is InChI=1S/C30H44N4O5/c1-3-4-16-34-27(36)24(19-29(38)12-8-5-9-13-29)31-28(37)30(34)14-17-32(18-15-30)20-23-21-33(22(2)35)25-10-6-7-11-26(25)39-23/h6-7,10-11,23-24,38H,3-5,8-9,12-21H2,1-2H3,(H,31,37)/t23?,24-/m1/s1. The van der Waals surface area contributed by atoms with Gasteiger partial charge in [-0.25, -0.2) is 0 Å². The number of ether oxygens (including phenoxy) is 1. The van der Waals surface area contributed by atoms with Gasteiger partial charge < -0.3 is 25.0 Å². The zero-order chi connectivity index (χ0) is 27.6. The summed E-state index contributed by atoms with van der Waals surface area (Å²) in [5, 5.41) is 14.2. The zero-order valence-electron chi connectivity index (χ0n) is 23.5. The number of nitrogens with one attached hydrogen (secondary N) is 1. The Morgan fingerprint density at radius 3 is 2.51 bits per heavy atom. The zero-order valence-corrected chi connectivity index (χ0v) is 23.5. The number of hydrogen-bond acceptors (Lipinski definition) is 6. The number of carbonyl (C=O) groups is 3. The van der Waals surface area contributed by atoms with Gasteiger partial charge in [0.2, 0.25) is 17.7 Å². The van der Waals surface area contributed by atoms with Crippen molar-refractivity contribution >= 4 is 23.4 Å². The van der Waals surface area contributed by atoms with Crippen LogP contribution < -0.4 is 15.0 Å². The van der Waals surface area contributed by atoms with Crippen molar-refractivity contribution in [2.24, 2.45) is 0 Å². The topological polar surface area (TPSA) is 102 Å². The molecule has 214 valence electrons. The number of hydrogen-bond donors (Lipinski definition) is 2. The summed E-state index contributed by atoms with van der Waals surface area (Å²) in [5.74, 6) is 0.587. The average Bonchev–Trinajstić information content (AvgIpc) is 2.92. The molecule has 1 aromatic carbocycles. The van der Waals surface area contributed by atoms with Crippen molar-refractivity contribution in [1.29, 1.82) is 0 Å². The number of rotatable bonds is 7. The number of piperazine rings is 1. The maximum absolute atomic E-state index is 13.8. The molecular weight excluding hydrogens is 496 g/mol. The number of nitrogens with zero attached hydrogens (tertiary/aromatic N) is 3. The fraction of sp³-hybridized carbons (Fsp3) is 0.700. The second-order valence-corrected chi connectivity index (χ2v) is 12.0.